The van der Waals surface area contributed by atoms with E-state index >= 15 is 0 Å². The Labute approximate surface area is 133 Å². The fourth-order valence-electron chi connectivity index (χ4n) is 1.63. The van der Waals surface area contributed by atoms with E-state index in [2.05, 4.69) is 26.4 Å². The number of carbonyl (C=O) groups is 1. The standard InChI is InChI=1S/C11H12AtN5O2S/c12-20-9-2-7(4-13-5-10(18)19)1-8(3-9)11-16-14-6-15-17-11/h1-3,6,13H,4-5H2,(H,14,15)(H,16,17)(H,18,19). The second kappa shape index (κ2) is 7.56. The molecular weight excluding hydrogens is 476 g/mol. The van der Waals surface area contributed by atoms with Gasteiger partial charge in [-0.2, -0.15) is 0 Å². The third kappa shape index (κ3) is 4.43. The third-order valence-electron chi connectivity index (χ3n) is 2.40. The van der Waals surface area contributed by atoms with Crippen molar-refractivity contribution in [3.63, 3.8) is 0 Å². The zero-order valence-electron chi connectivity index (χ0n) is 10.3. The summed E-state index contributed by atoms with van der Waals surface area (Å²) in [6.07, 6.45) is 1.46. The van der Waals surface area contributed by atoms with Crippen molar-refractivity contribution in [2.75, 3.05) is 6.54 Å². The fraction of sp³-hybridized carbons (Fsp3) is 0.182. The van der Waals surface area contributed by atoms with Gasteiger partial charge in [-0.3, -0.25) is 0 Å². The quantitative estimate of drug-likeness (QED) is 0.458. The molecule has 0 amide bonds. The van der Waals surface area contributed by atoms with Crippen molar-refractivity contribution in [2.24, 2.45) is 10.2 Å². The topological polar surface area (TPSA) is 98.1 Å². The Morgan fingerprint density at radius 2 is 2.30 bits per heavy atom. The van der Waals surface area contributed by atoms with Crippen LogP contribution in [0.15, 0.2) is 33.3 Å². The van der Waals surface area contributed by atoms with Crippen LogP contribution in [0.4, 0.5) is 0 Å². The summed E-state index contributed by atoms with van der Waals surface area (Å²) in [5.74, 6) is -0.236. The van der Waals surface area contributed by atoms with E-state index in [9.17, 15) is 4.79 Å². The Kier molecular flexibility index (Phi) is 5.76. The predicted molar refractivity (Wildman–Crippen MR) is 72.9 cm³/mol. The van der Waals surface area contributed by atoms with Crippen molar-refractivity contribution >= 4 is 26.7 Å². The first-order chi connectivity index (χ1) is 9.69. The molecule has 1 aromatic rings. The van der Waals surface area contributed by atoms with Crippen molar-refractivity contribution < 1.29 is 33.2 Å². The van der Waals surface area contributed by atoms with Crippen LogP contribution < -0.4 is 16.2 Å². The fourth-order valence-corrected chi connectivity index (χ4v) is 3.03. The van der Waals surface area contributed by atoms with Gasteiger partial charge in [-0.1, -0.05) is 0 Å². The normalized spacial score (nSPS) is 13.3. The average molecular weight is 488 g/mol. The number of benzene rings is 1. The maximum atomic E-state index is 10.5. The van der Waals surface area contributed by atoms with E-state index in [1.165, 1.54) is 6.34 Å². The summed E-state index contributed by atoms with van der Waals surface area (Å²) < 4.78 is 0. The van der Waals surface area contributed by atoms with Crippen LogP contribution in [0.5, 0.6) is 0 Å². The zero-order valence-corrected chi connectivity index (χ0v) is 14.0. The molecule has 106 valence electrons. The first-order valence-electron chi connectivity index (χ1n) is 5.65. The van der Waals surface area contributed by atoms with Gasteiger partial charge in [-0.15, -0.1) is 0 Å². The first-order valence-corrected chi connectivity index (χ1v) is 9.97. The van der Waals surface area contributed by atoms with E-state index in [4.69, 9.17) is 5.11 Å². The van der Waals surface area contributed by atoms with Crippen LogP contribution in [0.3, 0.4) is 0 Å². The second-order valence-corrected chi connectivity index (χ2v) is 6.32. The number of hydrogen-bond donors (Lipinski definition) is 4. The van der Waals surface area contributed by atoms with Crippen molar-refractivity contribution in [3.05, 3.63) is 29.3 Å². The summed E-state index contributed by atoms with van der Waals surface area (Å²) >= 11 is 1.59. The summed E-state index contributed by atoms with van der Waals surface area (Å²) in [5.41, 5.74) is 7.42. The summed E-state index contributed by atoms with van der Waals surface area (Å²) in [4.78, 5) is 11.6. The summed E-state index contributed by atoms with van der Waals surface area (Å²) in [7, 11) is 1.67. The molecule has 1 heterocycles. The molecule has 0 atom stereocenters. The Balaban J connectivity index is 2.15. The van der Waals surface area contributed by atoms with Gasteiger partial charge in [0, 0.05) is 0 Å². The SMILES string of the molecule is O=C(O)CNCc1cc(S[At])cc(C2=NNC=NN2)c1. The molecule has 1 aliphatic rings. The summed E-state index contributed by atoms with van der Waals surface area (Å²) in [5, 5.41) is 19.5. The molecule has 7 nitrogen and oxygen atoms in total. The molecule has 1 aromatic carbocycles. The van der Waals surface area contributed by atoms with Crippen LogP contribution in [-0.2, 0) is 11.3 Å². The molecule has 0 saturated carbocycles. The van der Waals surface area contributed by atoms with Crippen molar-refractivity contribution in [1.29, 1.82) is 0 Å². The Bertz CT molecular complexity index is 564. The van der Waals surface area contributed by atoms with Crippen LogP contribution >= 0.6 is 8.52 Å². The first kappa shape index (κ1) is 15.2. The number of hydrogen-bond acceptors (Lipinski definition) is 7. The Hall–Kier alpha value is -1.18. The molecule has 0 fully saturated rings. The number of nitrogens with one attached hydrogen (secondary N) is 3. The van der Waals surface area contributed by atoms with Crippen molar-refractivity contribution in [3.8, 4) is 0 Å². The van der Waals surface area contributed by atoms with Crippen molar-refractivity contribution in [1.82, 2.24) is 16.2 Å². The predicted octanol–water partition coefficient (Wildman–Crippen LogP) is 0.215. The number of carboxylic acids is 1. The number of nitrogens with zero attached hydrogens (tertiary/aromatic N) is 2. The van der Waals surface area contributed by atoms with Gasteiger partial charge in [-0.25, -0.2) is 0 Å². The zero-order chi connectivity index (χ0) is 14.4. The summed E-state index contributed by atoms with van der Waals surface area (Å²) in [6.45, 7) is 0.428. The summed E-state index contributed by atoms with van der Waals surface area (Å²) in [6, 6.07) is 6.00. The van der Waals surface area contributed by atoms with Crippen LogP contribution in [0, 0.1) is 23.3 Å². The van der Waals surface area contributed by atoms with E-state index in [1.807, 2.05) is 18.2 Å². The van der Waals surface area contributed by atoms with Gasteiger partial charge < -0.3 is 0 Å². The molecule has 9 heteroatoms. The molecular formula is C11H12AtN5O2S. The molecule has 2 rings (SSSR count). The monoisotopic (exact) mass is 488 g/mol. The van der Waals surface area contributed by atoms with E-state index in [-0.39, 0.29) is 6.54 Å². The number of carboxylic acid groups (broad SMARTS) is 1. The van der Waals surface area contributed by atoms with Gasteiger partial charge in [0.2, 0.25) is 0 Å². The third-order valence-corrected chi connectivity index (χ3v) is 4.90. The van der Waals surface area contributed by atoms with E-state index < -0.39 is 5.97 Å². The van der Waals surface area contributed by atoms with Gasteiger partial charge in [0.15, 0.2) is 0 Å². The van der Waals surface area contributed by atoms with E-state index in [0.717, 1.165) is 16.0 Å². The van der Waals surface area contributed by atoms with Crippen LogP contribution in [0.25, 0.3) is 0 Å². The Morgan fingerprint density at radius 1 is 1.45 bits per heavy atom. The minimum absolute atomic E-state index is 0.0621. The molecule has 0 unspecified atom stereocenters. The van der Waals surface area contributed by atoms with Gasteiger partial charge in [0.25, 0.3) is 0 Å². The molecule has 0 spiro atoms. The molecule has 0 aliphatic carbocycles. The average Bonchev–Trinajstić information content (AvgIpc) is 2.47. The minimum atomic E-state index is -0.869. The molecule has 4 N–H and O–H groups in total. The number of rotatable bonds is 6. The van der Waals surface area contributed by atoms with Gasteiger partial charge in [0.05, 0.1) is 0 Å². The molecule has 0 saturated heterocycles. The second-order valence-electron chi connectivity index (χ2n) is 3.90. The van der Waals surface area contributed by atoms with Gasteiger partial charge >= 0.3 is 134 Å². The maximum absolute atomic E-state index is 10.5. The van der Waals surface area contributed by atoms with Gasteiger partial charge in [0.1, 0.15) is 0 Å². The van der Waals surface area contributed by atoms with Crippen LogP contribution in [-0.4, -0.2) is 29.8 Å². The van der Waals surface area contributed by atoms with Crippen molar-refractivity contribution in [2.45, 2.75) is 11.4 Å². The molecule has 20 heavy (non-hydrogen) atoms. The Morgan fingerprint density at radius 3 is 2.95 bits per heavy atom. The number of hydrazone groups is 2. The molecule has 0 radical (unpaired) electrons. The van der Waals surface area contributed by atoms with E-state index in [1.54, 1.807) is 31.8 Å². The molecule has 1 aliphatic heterocycles. The number of amidine groups is 1. The van der Waals surface area contributed by atoms with Crippen LogP contribution in [0.2, 0.25) is 0 Å². The van der Waals surface area contributed by atoms with E-state index in [0.29, 0.717) is 12.4 Å². The van der Waals surface area contributed by atoms with Crippen LogP contribution in [0.1, 0.15) is 11.1 Å². The molecule has 0 bridgehead atoms. The number of aliphatic carboxylic acids is 1. The van der Waals surface area contributed by atoms with Gasteiger partial charge in [-0.05, 0) is 0 Å². The molecule has 0 aromatic heterocycles.